The van der Waals surface area contributed by atoms with Gasteiger partial charge in [0.05, 0.1) is 0 Å². The standard InChI is InChI=1S/C23H31N3O2/c1-25-14-16-26(17-15-25)13-7-12-24-23(27)19-28-22-11-6-5-10-21(22)18-20-8-3-2-4-9-20/h2-6,8-11H,7,12-19H2,1H3,(H,24,27). The van der Waals surface area contributed by atoms with Gasteiger partial charge >= 0.3 is 0 Å². The Bertz CT molecular complexity index is 728. The maximum Gasteiger partial charge on any atom is 0.257 e. The van der Waals surface area contributed by atoms with Crippen molar-refractivity contribution < 1.29 is 9.53 Å². The monoisotopic (exact) mass is 381 g/mol. The Morgan fingerprint density at radius 1 is 1.00 bits per heavy atom. The molecule has 1 fully saturated rings. The summed E-state index contributed by atoms with van der Waals surface area (Å²) in [6.07, 6.45) is 1.77. The average Bonchev–Trinajstić information content (AvgIpc) is 2.73. The Morgan fingerprint density at radius 3 is 2.50 bits per heavy atom. The van der Waals surface area contributed by atoms with Gasteiger partial charge in [0.1, 0.15) is 5.75 Å². The molecule has 5 nitrogen and oxygen atoms in total. The van der Waals surface area contributed by atoms with Gasteiger partial charge in [0.25, 0.3) is 5.91 Å². The van der Waals surface area contributed by atoms with Crippen LogP contribution < -0.4 is 10.1 Å². The number of hydrogen-bond acceptors (Lipinski definition) is 4. The fourth-order valence-electron chi connectivity index (χ4n) is 3.40. The summed E-state index contributed by atoms with van der Waals surface area (Å²) in [5, 5.41) is 2.97. The lowest BCUT2D eigenvalue weighted by Gasteiger charge is -2.32. The first-order valence-corrected chi connectivity index (χ1v) is 10.1. The predicted molar refractivity (Wildman–Crippen MR) is 113 cm³/mol. The van der Waals surface area contributed by atoms with E-state index in [-0.39, 0.29) is 12.5 Å². The molecule has 0 spiro atoms. The van der Waals surface area contributed by atoms with Crippen LogP contribution in [0.2, 0.25) is 0 Å². The molecule has 0 atom stereocenters. The number of ether oxygens (including phenoxy) is 1. The zero-order valence-corrected chi connectivity index (χ0v) is 16.8. The van der Waals surface area contributed by atoms with Crippen LogP contribution in [0.5, 0.6) is 5.75 Å². The molecule has 0 aromatic heterocycles. The lowest BCUT2D eigenvalue weighted by atomic mass is 10.0. The van der Waals surface area contributed by atoms with Crippen LogP contribution in [0.1, 0.15) is 17.5 Å². The molecule has 0 unspecified atom stereocenters. The summed E-state index contributed by atoms with van der Waals surface area (Å²) < 4.78 is 5.80. The van der Waals surface area contributed by atoms with Crippen molar-refractivity contribution >= 4 is 5.91 Å². The van der Waals surface area contributed by atoms with Gasteiger partial charge in [0.15, 0.2) is 6.61 Å². The lowest BCUT2D eigenvalue weighted by molar-refractivity contribution is -0.123. The van der Waals surface area contributed by atoms with Gasteiger partial charge in [-0.05, 0) is 37.2 Å². The number of carbonyl (C=O) groups is 1. The molecule has 28 heavy (non-hydrogen) atoms. The molecule has 1 N–H and O–H groups in total. The fraction of sp³-hybridized carbons (Fsp3) is 0.435. The van der Waals surface area contributed by atoms with E-state index in [4.69, 9.17) is 4.74 Å². The number of hydrogen-bond donors (Lipinski definition) is 1. The first-order chi connectivity index (χ1) is 13.7. The maximum absolute atomic E-state index is 12.1. The third kappa shape index (κ3) is 6.66. The average molecular weight is 382 g/mol. The van der Waals surface area contributed by atoms with E-state index >= 15 is 0 Å². The molecular formula is C23H31N3O2. The van der Waals surface area contributed by atoms with Crippen molar-refractivity contribution in [3.05, 3.63) is 65.7 Å². The van der Waals surface area contributed by atoms with E-state index < -0.39 is 0 Å². The highest BCUT2D eigenvalue weighted by atomic mass is 16.5. The van der Waals surface area contributed by atoms with Crippen molar-refractivity contribution in [2.75, 3.05) is 52.9 Å². The van der Waals surface area contributed by atoms with Crippen molar-refractivity contribution in [2.45, 2.75) is 12.8 Å². The third-order valence-electron chi connectivity index (χ3n) is 5.14. The van der Waals surface area contributed by atoms with E-state index in [1.807, 2.05) is 36.4 Å². The summed E-state index contributed by atoms with van der Waals surface area (Å²) in [4.78, 5) is 16.9. The molecule has 0 bridgehead atoms. The van der Waals surface area contributed by atoms with Crippen LogP contribution in [-0.4, -0.2) is 68.6 Å². The second-order valence-electron chi connectivity index (χ2n) is 7.41. The van der Waals surface area contributed by atoms with Gasteiger partial charge in [-0.2, -0.15) is 0 Å². The number of para-hydroxylation sites is 1. The minimum Gasteiger partial charge on any atom is -0.483 e. The fourth-order valence-corrected chi connectivity index (χ4v) is 3.40. The molecule has 1 saturated heterocycles. The molecule has 1 amide bonds. The van der Waals surface area contributed by atoms with Crippen molar-refractivity contribution in [3.63, 3.8) is 0 Å². The molecule has 2 aromatic rings. The van der Waals surface area contributed by atoms with E-state index in [1.54, 1.807) is 0 Å². The van der Waals surface area contributed by atoms with E-state index in [0.717, 1.165) is 56.9 Å². The van der Waals surface area contributed by atoms with Gasteiger partial charge in [-0.15, -0.1) is 0 Å². The van der Waals surface area contributed by atoms with Gasteiger partial charge in [-0.1, -0.05) is 48.5 Å². The maximum atomic E-state index is 12.1. The normalized spacial score (nSPS) is 15.3. The summed E-state index contributed by atoms with van der Waals surface area (Å²) >= 11 is 0. The Kier molecular flexibility index (Phi) is 7.88. The Balaban J connectivity index is 1.37. The van der Waals surface area contributed by atoms with Gasteiger partial charge in [-0.3, -0.25) is 4.79 Å². The number of carbonyl (C=O) groups excluding carboxylic acids is 1. The SMILES string of the molecule is CN1CCN(CCCNC(=O)COc2ccccc2Cc2ccccc2)CC1. The summed E-state index contributed by atoms with van der Waals surface area (Å²) in [6.45, 7) is 6.28. The largest absolute Gasteiger partial charge is 0.483 e. The van der Waals surface area contributed by atoms with Gasteiger partial charge in [0, 0.05) is 39.1 Å². The highest BCUT2D eigenvalue weighted by Crippen LogP contribution is 2.21. The lowest BCUT2D eigenvalue weighted by Crippen LogP contribution is -2.45. The molecule has 2 aromatic carbocycles. The zero-order chi connectivity index (χ0) is 19.6. The van der Waals surface area contributed by atoms with Crippen LogP contribution in [0.25, 0.3) is 0 Å². The number of amides is 1. The number of nitrogens with one attached hydrogen (secondary N) is 1. The second kappa shape index (κ2) is 10.8. The van der Waals surface area contributed by atoms with Crippen molar-refractivity contribution in [2.24, 2.45) is 0 Å². The summed E-state index contributed by atoms with van der Waals surface area (Å²) in [5.74, 6) is 0.715. The number of rotatable bonds is 9. The van der Waals surface area contributed by atoms with E-state index in [2.05, 4.69) is 40.4 Å². The van der Waals surface area contributed by atoms with E-state index in [0.29, 0.717) is 6.54 Å². The quantitative estimate of drug-likeness (QED) is 0.678. The van der Waals surface area contributed by atoms with Crippen LogP contribution >= 0.6 is 0 Å². The number of nitrogens with zero attached hydrogens (tertiary/aromatic N) is 2. The zero-order valence-electron chi connectivity index (χ0n) is 16.8. The molecular weight excluding hydrogens is 350 g/mol. The van der Waals surface area contributed by atoms with Crippen LogP contribution in [-0.2, 0) is 11.2 Å². The third-order valence-corrected chi connectivity index (χ3v) is 5.14. The van der Waals surface area contributed by atoms with E-state index in [9.17, 15) is 4.79 Å². The number of likely N-dealkylation sites (N-methyl/N-ethyl adjacent to an activating group) is 1. The topological polar surface area (TPSA) is 44.8 Å². The van der Waals surface area contributed by atoms with Gasteiger partial charge in [-0.25, -0.2) is 0 Å². The Labute approximate surface area is 168 Å². The molecule has 150 valence electrons. The van der Waals surface area contributed by atoms with Crippen LogP contribution in [0.15, 0.2) is 54.6 Å². The molecule has 3 rings (SSSR count). The first-order valence-electron chi connectivity index (χ1n) is 10.1. The van der Waals surface area contributed by atoms with Crippen molar-refractivity contribution in [3.8, 4) is 5.75 Å². The first kappa shape index (κ1) is 20.4. The minimum absolute atomic E-state index is 0.0559. The molecule has 0 radical (unpaired) electrons. The van der Waals surface area contributed by atoms with E-state index in [1.165, 1.54) is 5.56 Å². The summed E-state index contributed by atoms with van der Waals surface area (Å²) in [5.41, 5.74) is 2.32. The summed E-state index contributed by atoms with van der Waals surface area (Å²) in [6, 6.07) is 18.2. The Morgan fingerprint density at radius 2 is 1.71 bits per heavy atom. The van der Waals surface area contributed by atoms with Crippen molar-refractivity contribution in [1.29, 1.82) is 0 Å². The minimum atomic E-state index is -0.0621. The van der Waals surface area contributed by atoms with Crippen LogP contribution in [0, 0.1) is 0 Å². The molecule has 0 saturated carbocycles. The summed E-state index contributed by atoms with van der Waals surface area (Å²) in [7, 11) is 2.16. The smallest absolute Gasteiger partial charge is 0.257 e. The van der Waals surface area contributed by atoms with Crippen molar-refractivity contribution in [1.82, 2.24) is 15.1 Å². The molecule has 1 heterocycles. The number of piperazine rings is 1. The van der Waals surface area contributed by atoms with Gasteiger partial charge < -0.3 is 19.9 Å². The Hall–Kier alpha value is -2.37. The van der Waals surface area contributed by atoms with Crippen LogP contribution in [0.3, 0.4) is 0 Å². The highest BCUT2D eigenvalue weighted by molar-refractivity contribution is 5.77. The van der Waals surface area contributed by atoms with Crippen LogP contribution in [0.4, 0.5) is 0 Å². The molecule has 1 aliphatic heterocycles. The number of benzene rings is 2. The molecule has 5 heteroatoms. The second-order valence-corrected chi connectivity index (χ2v) is 7.41. The van der Waals surface area contributed by atoms with Gasteiger partial charge in [0.2, 0.25) is 0 Å². The molecule has 0 aliphatic carbocycles. The highest BCUT2D eigenvalue weighted by Gasteiger charge is 2.13. The predicted octanol–water partition coefficient (Wildman–Crippen LogP) is 2.41. The molecule has 1 aliphatic rings.